The molecule has 7 heteroatoms. The van der Waals surface area contributed by atoms with Gasteiger partial charge in [0, 0.05) is 6.08 Å². The normalized spacial score (nSPS) is 11.0. The molecule has 1 aromatic carbocycles. The molecule has 0 radical (unpaired) electrons. The Morgan fingerprint density at radius 3 is 2.31 bits per heavy atom. The molecule has 2 aromatic heterocycles. The van der Waals surface area contributed by atoms with Crippen molar-refractivity contribution in [2.45, 2.75) is 20.0 Å². The van der Waals surface area contributed by atoms with E-state index in [1.54, 1.807) is 54.9 Å². The van der Waals surface area contributed by atoms with Crippen LogP contribution in [0, 0.1) is 0 Å². The van der Waals surface area contributed by atoms with E-state index < -0.39 is 0 Å². The van der Waals surface area contributed by atoms with Gasteiger partial charge in [-0.1, -0.05) is 11.6 Å². The van der Waals surface area contributed by atoms with E-state index >= 15 is 0 Å². The molecule has 3 aromatic rings. The highest BCUT2D eigenvalue weighted by Gasteiger charge is 2.16. The van der Waals surface area contributed by atoms with Gasteiger partial charge in [-0.3, -0.25) is 4.79 Å². The molecule has 0 N–H and O–H groups in total. The largest absolute Gasteiger partial charge is 0.493 e. The monoisotopic (exact) mass is 415 g/mol. The molecule has 0 aliphatic rings. The summed E-state index contributed by atoms with van der Waals surface area (Å²) in [5.41, 5.74) is 0.722. The van der Waals surface area contributed by atoms with Crippen molar-refractivity contribution in [2.24, 2.45) is 0 Å². The van der Waals surface area contributed by atoms with Gasteiger partial charge in [0.2, 0.25) is 5.91 Å². The van der Waals surface area contributed by atoms with Gasteiger partial charge in [-0.2, -0.15) is 0 Å². The predicted octanol–water partition coefficient (Wildman–Crippen LogP) is 5.18. The SMILES string of the molecule is CCOc1c(Cl)cc(/C=C/C(=O)N(Cc2ccco2)Cc2ccco2)cc1OC. The minimum absolute atomic E-state index is 0.193. The Balaban J connectivity index is 1.79. The fraction of sp³-hybridized carbons (Fsp3) is 0.227. The van der Waals surface area contributed by atoms with Crippen LogP contribution in [0.3, 0.4) is 0 Å². The standard InChI is InChI=1S/C22H22ClNO5/c1-3-27-22-19(23)12-16(13-20(22)26-2)8-9-21(25)24(14-17-6-4-10-28-17)15-18-7-5-11-29-18/h4-13H,3,14-15H2,1-2H3/b9-8+. The van der Waals surface area contributed by atoms with Gasteiger partial charge in [0.05, 0.1) is 44.4 Å². The summed E-state index contributed by atoms with van der Waals surface area (Å²) < 4.78 is 21.6. The van der Waals surface area contributed by atoms with Crippen LogP contribution in [0.1, 0.15) is 24.0 Å². The summed E-state index contributed by atoms with van der Waals surface area (Å²) in [5.74, 6) is 2.17. The van der Waals surface area contributed by atoms with Crippen LogP contribution in [0.15, 0.2) is 63.8 Å². The van der Waals surface area contributed by atoms with E-state index in [0.717, 1.165) is 5.56 Å². The molecule has 152 valence electrons. The first-order valence-electron chi connectivity index (χ1n) is 9.12. The molecule has 0 spiro atoms. The number of carbonyl (C=O) groups is 1. The maximum atomic E-state index is 12.8. The van der Waals surface area contributed by atoms with Crippen molar-refractivity contribution in [3.05, 3.63) is 77.1 Å². The summed E-state index contributed by atoms with van der Waals surface area (Å²) >= 11 is 6.30. The summed E-state index contributed by atoms with van der Waals surface area (Å²) in [4.78, 5) is 14.5. The smallest absolute Gasteiger partial charge is 0.247 e. The molecule has 0 aliphatic carbocycles. The highest BCUT2D eigenvalue weighted by molar-refractivity contribution is 6.32. The minimum Gasteiger partial charge on any atom is -0.493 e. The predicted molar refractivity (Wildman–Crippen MR) is 110 cm³/mol. The van der Waals surface area contributed by atoms with Crippen LogP contribution in [0.2, 0.25) is 5.02 Å². The molecule has 2 heterocycles. The Kier molecular flexibility index (Phi) is 7.03. The van der Waals surface area contributed by atoms with Gasteiger partial charge in [-0.05, 0) is 55.0 Å². The van der Waals surface area contributed by atoms with Crippen molar-refractivity contribution in [2.75, 3.05) is 13.7 Å². The molecular formula is C22H22ClNO5. The van der Waals surface area contributed by atoms with Crippen LogP contribution in [0.25, 0.3) is 6.08 Å². The second kappa shape index (κ2) is 9.89. The van der Waals surface area contributed by atoms with Crippen LogP contribution in [-0.2, 0) is 17.9 Å². The number of hydrogen-bond donors (Lipinski definition) is 0. The molecule has 0 saturated heterocycles. The van der Waals surface area contributed by atoms with Gasteiger partial charge >= 0.3 is 0 Å². The lowest BCUT2D eigenvalue weighted by Gasteiger charge is -2.19. The zero-order valence-electron chi connectivity index (χ0n) is 16.3. The molecule has 0 unspecified atom stereocenters. The third-order valence-corrected chi connectivity index (χ3v) is 4.40. The highest BCUT2D eigenvalue weighted by Crippen LogP contribution is 2.36. The van der Waals surface area contributed by atoms with Crippen molar-refractivity contribution < 1.29 is 23.1 Å². The molecule has 3 rings (SSSR count). The van der Waals surface area contributed by atoms with Crippen molar-refractivity contribution in [3.63, 3.8) is 0 Å². The third kappa shape index (κ3) is 5.45. The molecular weight excluding hydrogens is 394 g/mol. The number of rotatable bonds is 9. The molecule has 29 heavy (non-hydrogen) atoms. The molecule has 0 fully saturated rings. The second-order valence-electron chi connectivity index (χ2n) is 6.15. The van der Waals surface area contributed by atoms with E-state index in [1.165, 1.54) is 6.08 Å². The molecule has 1 amide bonds. The number of hydrogen-bond acceptors (Lipinski definition) is 5. The zero-order valence-corrected chi connectivity index (χ0v) is 17.0. The van der Waals surface area contributed by atoms with Gasteiger partial charge in [-0.25, -0.2) is 0 Å². The lowest BCUT2D eigenvalue weighted by atomic mass is 10.1. The molecule has 6 nitrogen and oxygen atoms in total. The van der Waals surface area contributed by atoms with Crippen molar-refractivity contribution in [1.82, 2.24) is 4.90 Å². The van der Waals surface area contributed by atoms with E-state index in [2.05, 4.69) is 0 Å². The van der Waals surface area contributed by atoms with Crippen LogP contribution < -0.4 is 9.47 Å². The Labute approximate surface area is 174 Å². The summed E-state index contributed by atoms with van der Waals surface area (Å²) in [6.07, 6.45) is 6.32. The van der Waals surface area contributed by atoms with Crippen LogP contribution in [-0.4, -0.2) is 24.5 Å². The van der Waals surface area contributed by atoms with E-state index in [9.17, 15) is 4.79 Å². The van der Waals surface area contributed by atoms with E-state index in [0.29, 0.717) is 47.7 Å². The Hall–Kier alpha value is -3.12. The molecule has 0 saturated carbocycles. The Bertz CT molecular complexity index is 912. The average molecular weight is 416 g/mol. The maximum Gasteiger partial charge on any atom is 0.247 e. The van der Waals surface area contributed by atoms with Crippen LogP contribution >= 0.6 is 11.6 Å². The summed E-state index contributed by atoms with van der Waals surface area (Å²) in [7, 11) is 1.54. The zero-order chi connectivity index (χ0) is 20.6. The number of methoxy groups -OCH3 is 1. The first kappa shape index (κ1) is 20.6. The van der Waals surface area contributed by atoms with E-state index in [4.69, 9.17) is 29.9 Å². The molecule has 0 aliphatic heterocycles. The number of halogens is 1. The Morgan fingerprint density at radius 2 is 1.79 bits per heavy atom. The fourth-order valence-corrected chi connectivity index (χ4v) is 3.06. The topological polar surface area (TPSA) is 65.0 Å². The molecule has 0 atom stereocenters. The van der Waals surface area contributed by atoms with Crippen molar-refractivity contribution in [1.29, 1.82) is 0 Å². The number of benzene rings is 1. The summed E-state index contributed by atoms with van der Waals surface area (Å²) in [6, 6.07) is 10.7. The minimum atomic E-state index is -0.193. The number of amides is 1. The lowest BCUT2D eigenvalue weighted by Crippen LogP contribution is -2.28. The maximum absolute atomic E-state index is 12.8. The van der Waals surface area contributed by atoms with Gasteiger partial charge in [0.25, 0.3) is 0 Å². The van der Waals surface area contributed by atoms with Gasteiger partial charge in [0.15, 0.2) is 11.5 Å². The van der Waals surface area contributed by atoms with Crippen LogP contribution in [0.4, 0.5) is 0 Å². The van der Waals surface area contributed by atoms with Crippen LogP contribution in [0.5, 0.6) is 11.5 Å². The summed E-state index contributed by atoms with van der Waals surface area (Å²) in [5, 5.41) is 0.418. The fourth-order valence-electron chi connectivity index (χ4n) is 2.79. The van der Waals surface area contributed by atoms with Gasteiger partial charge in [0.1, 0.15) is 11.5 Å². The first-order chi connectivity index (χ1) is 14.1. The van der Waals surface area contributed by atoms with Gasteiger partial charge in [-0.15, -0.1) is 0 Å². The lowest BCUT2D eigenvalue weighted by molar-refractivity contribution is -0.127. The third-order valence-electron chi connectivity index (χ3n) is 4.12. The number of nitrogens with zero attached hydrogens (tertiary/aromatic N) is 1. The highest BCUT2D eigenvalue weighted by atomic mass is 35.5. The van der Waals surface area contributed by atoms with Gasteiger partial charge < -0.3 is 23.2 Å². The average Bonchev–Trinajstić information content (AvgIpc) is 3.41. The molecule has 0 bridgehead atoms. The quantitative estimate of drug-likeness (QED) is 0.451. The Morgan fingerprint density at radius 1 is 1.14 bits per heavy atom. The first-order valence-corrected chi connectivity index (χ1v) is 9.50. The number of furan rings is 2. The van der Waals surface area contributed by atoms with E-state index in [-0.39, 0.29) is 5.91 Å². The summed E-state index contributed by atoms with van der Waals surface area (Å²) in [6.45, 7) is 2.99. The number of carbonyl (C=O) groups excluding carboxylic acids is 1. The second-order valence-corrected chi connectivity index (χ2v) is 6.56. The van der Waals surface area contributed by atoms with Crippen molar-refractivity contribution in [3.8, 4) is 11.5 Å². The number of ether oxygens (including phenoxy) is 2. The van der Waals surface area contributed by atoms with Crippen molar-refractivity contribution >= 4 is 23.6 Å². The van der Waals surface area contributed by atoms with E-state index in [1.807, 2.05) is 19.1 Å².